The number of benzene rings is 2. The van der Waals surface area contributed by atoms with Crippen LogP contribution in [0, 0.1) is 11.8 Å². The third-order valence-electron chi connectivity index (χ3n) is 5.77. The summed E-state index contributed by atoms with van der Waals surface area (Å²) < 4.78 is 0. The molecule has 0 saturated carbocycles. The van der Waals surface area contributed by atoms with E-state index in [1.165, 1.54) is 0 Å². The van der Waals surface area contributed by atoms with Gasteiger partial charge in [0.15, 0.2) is 0 Å². The van der Waals surface area contributed by atoms with Crippen molar-refractivity contribution < 1.29 is 9.59 Å². The van der Waals surface area contributed by atoms with Crippen LogP contribution in [0.2, 0.25) is 0 Å². The number of anilines is 2. The molecule has 2 aromatic carbocycles. The maximum Gasteiger partial charge on any atom is 0.323 e. The second kappa shape index (κ2) is 9.29. The van der Waals surface area contributed by atoms with Crippen LogP contribution in [0.5, 0.6) is 0 Å². The van der Waals surface area contributed by atoms with Gasteiger partial charge in [0.05, 0.1) is 0 Å². The number of carbonyl (C=O) groups excluding carboxylic acids is 2. The van der Waals surface area contributed by atoms with Crippen molar-refractivity contribution in [3.05, 3.63) is 59.7 Å². The molecule has 1 unspecified atom stereocenters. The third-order valence-corrected chi connectivity index (χ3v) is 5.77. The molecule has 2 aliphatic rings. The van der Waals surface area contributed by atoms with Crippen LogP contribution >= 0.6 is 12.4 Å². The number of urea groups is 1. The minimum atomic E-state index is -0.260. The van der Waals surface area contributed by atoms with Crippen molar-refractivity contribution in [3.8, 4) is 0 Å². The number of fused-ring (bicyclic) bond motifs is 1. The zero-order valence-corrected chi connectivity index (χ0v) is 17.3. The lowest BCUT2D eigenvalue weighted by atomic mass is 9.87. The molecule has 2 aliphatic heterocycles. The van der Waals surface area contributed by atoms with Crippen LogP contribution in [0.15, 0.2) is 48.5 Å². The molecule has 0 aromatic heterocycles. The highest BCUT2D eigenvalue weighted by atomic mass is 35.5. The Morgan fingerprint density at radius 1 is 1.07 bits per heavy atom. The second-order valence-electron chi connectivity index (χ2n) is 7.61. The van der Waals surface area contributed by atoms with E-state index < -0.39 is 0 Å². The van der Waals surface area contributed by atoms with Crippen LogP contribution in [0.25, 0.3) is 0 Å². The van der Waals surface area contributed by atoms with Gasteiger partial charge in [-0.05, 0) is 54.8 Å². The molecule has 0 radical (unpaired) electrons. The maximum atomic E-state index is 12.8. The van der Waals surface area contributed by atoms with Gasteiger partial charge in [-0.15, -0.1) is 12.4 Å². The van der Waals surface area contributed by atoms with Gasteiger partial charge in [-0.2, -0.15) is 0 Å². The molecule has 0 bridgehead atoms. The van der Waals surface area contributed by atoms with Gasteiger partial charge in [0, 0.05) is 30.4 Å². The van der Waals surface area contributed by atoms with Crippen LogP contribution in [0.1, 0.15) is 18.1 Å². The Hall–Kier alpha value is -2.57. The monoisotopic (exact) mass is 414 g/mol. The van der Waals surface area contributed by atoms with Crippen LogP contribution < -0.4 is 16.0 Å². The van der Waals surface area contributed by atoms with Crippen LogP contribution in [0.3, 0.4) is 0 Å². The van der Waals surface area contributed by atoms with Gasteiger partial charge in [-0.25, -0.2) is 4.79 Å². The zero-order valence-electron chi connectivity index (χ0n) is 16.5. The molecule has 2 heterocycles. The van der Waals surface area contributed by atoms with Gasteiger partial charge in [0.2, 0.25) is 5.91 Å². The molecule has 1 atom stereocenters. The summed E-state index contributed by atoms with van der Waals surface area (Å²) in [6, 6.07) is 15.0. The highest BCUT2D eigenvalue weighted by Gasteiger charge is 2.33. The second-order valence-corrected chi connectivity index (χ2v) is 7.61. The molecular formula is C22H27ClN4O2. The Balaban J connectivity index is 0.00000240. The van der Waals surface area contributed by atoms with Crippen molar-refractivity contribution in [2.75, 3.05) is 30.3 Å². The summed E-state index contributed by atoms with van der Waals surface area (Å²) in [6.45, 7) is 5.20. The van der Waals surface area contributed by atoms with Gasteiger partial charge >= 0.3 is 6.03 Å². The van der Waals surface area contributed by atoms with Crippen molar-refractivity contribution in [1.29, 1.82) is 0 Å². The first-order chi connectivity index (χ1) is 13.6. The lowest BCUT2D eigenvalue weighted by Gasteiger charge is -2.37. The van der Waals surface area contributed by atoms with E-state index in [0.29, 0.717) is 19.0 Å². The summed E-state index contributed by atoms with van der Waals surface area (Å²) in [7, 11) is 0. The number of nitrogens with one attached hydrogen (secondary N) is 3. The maximum absolute atomic E-state index is 12.8. The standard InChI is InChI=1S/C22H26N4O2.ClH/c1-15(17-12-23-13-17)21(27)26-11-10-19-16(14-26)6-5-9-20(19)25-22(28)24-18-7-3-2-4-8-18;/h2-9,15,17,23H,10-14H2,1H3,(H2,24,25,28);1H. The minimum absolute atomic E-state index is 0. The normalized spacial score (nSPS) is 16.7. The Kier molecular flexibility index (Phi) is 6.77. The zero-order chi connectivity index (χ0) is 19.5. The Morgan fingerprint density at radius 3 is 2.52 bits per heavy atom. The van der Waals surface area contributed by atoms with Crippen molar-refractivity contribution in [2.45, 2.75) is 19.9 Å². The first-order valence-electron chi connectivity index (χ1n) is 9.85. The van der Waals surface area contributed by atoms with Gasteiger partial charge in [-0.3, -0.25) is 4.79 Å². The Labute approximate surface area is 177 Å². The molecule has 7 heteroatoms. The number of nitrogens with zero attached hydrogens (tertiary/aromatic N) is 1. The van der Waals surface area contributed by atoms with Gasteiger partial charge in [0.25, 0.3) is 0 Å². The first-order valence-corrected chi connectivity index (χ1v) is 9.85. The topological polar surface area (TPSA) is 73.5 Å². The number of hydrogen-bond donors (Lipinski definition) is 3. The van der Waals surface area contributed by atoms with Crippen LogP contribution in [-0.2, 0) is 17.8 Å². The molecule has 3 amide bonds. The lowest BCUT2D eigenvalue weighted by Crippen LogP contribution is -2.51. The van der Waals surface area contributed by atoms with Gasteiger partial charge < -0.3 is 20.9 Å². The van der Waals surface area contributed by atoms with Crippen LogP contribution in [-0.4, -0.2) is 36.5 Å². The van der Waals surface area contributed by atoms with Crippen molar-refractivity contribution in [1.82, 2.24) is 10.2 Å². The molecule has 6 nitrogen and oxygen atoms in total. The summed E-state index contributed by atoms with van der Waals surface area (Å²) in [5.41, 5.74) is 3.79. The van der Waals surface area contributed by atoms with E-state index >= 15 is 0 Å². The summed E-state index contributed by atoms with van der Waals surface area (Å²) in [6.07, 6.45) is 0.749. The minimum Gasteiger partial charge on any atom is -0.338 e. The van der Waals surface area contributed by atoms with Gasteiger partial charge in [-0.1, -0.05) is 37.3 Å². The molecule has 3 N–H and O–H groups in total. The number of halogens is 1. The molecule has 29 heavy (non-hydrogen) atoms. The lowest BCUT2D eigenvalue weighted by molar-refractivity contribution is -0.138. The number of amides is 3. The molecule has 0 spiro atoms. The molecule has 2 aromatic rings. The fourth-order valence-electron chi connectivity index (χ4n) is 3.87. The van der Waals surface area contributed by atoms with E-state index in [1.54, 1.807) is 0 Å². The Morgan fingerprint density at radius 2 is 1.83 bits per heavy atom. The highest BCUT2D eigenvalue weighted by molar-refractivity contribution is 6.00. The number of hydrogen-bond acceptors (Lipinski definition) is 3. The summed E-state index contributed by atoms with van der Waals surface area (Å²) in [5.74, 6) is 0.738. The molecule has 0 aliphatic carbocycles. The van der Waals surface area contributed by atoms with Gasteiger partial charge in [0.1, 0.15) is 0 Å². The fraction of sp³-hybridized carbons (Fsp3) is 0.364. The van der Waals surface area contributed by atoms with E-state index in [9.17, 15) is 9.59 Å². The van der Waals surface area contributed by atoms with Crippen molar-refractivity contribution in [3.63, 3.8) is 0 Å². The summed E-state index contributed by atoms with van der Waals surface area (Å²) >= 11 is 0. The average molecular weight is 415 g/mol. The summed E-state index contributed by atoms with van der Waals surface area (Å²) in [4.78, 5) is 27.1. The number of carbonyl (C=O) groups is 2. The fourth-order valence-corrected chi connectivity index (χ4v) is 3.87. The smallest absolute Gasteiger partial charge is 0.323 e. The summed E-state index contributed by atoms with van der Waals surface area (Å²) in [5, 5.41) is 9.05. The molecule has 1 fully saturated rings. The predicted octanol–water partition coefficient (Wildman–Crippen LogP) is 3.49. The van der Waals surface area contributed by atoms with Crippen molar-refractivity contribution >= 4 is 35.7 Å². The molecular weight excluding hydrogens is 388 g/mol. The van der Waals surface area contributed by atoms with Crippen molar-refractivity contribution in [2.24, 2.45) is 11.8 Å². The van der Waals surface area contributed by atoms with E-state index in [2.05, 4.69) is 16.0 Å². The Bertz CT molecular complexity index is 870. The molecule has 1 saturated heterocycles. The quantitative estimate of drug-likeness (QED) is 0.717. The van der Waals surface area contributed by atoms with E-state index in [1.807, 2.05) is 60.4 Å². The van der Waals surface area contributed by atoms with E-state index in [-0.39, 0.29) is 30.3 Å². The largest absolute Gasteiger partial charge is 0.338 e. The average Bonchev–Trinajstić information content (AvgIpc) is 2.66. The molecule has 154 valence electrons. The van der Waals surface area contributed by atoms with E-state index in [0.717, 1.165) is 42.0 Å². The predicted molar refractivity (Wildman–Crippen MR) is 117 cm³/mol. The van der Waals surface area contributed by atoms with Crippen LogP contribution in [0.4, 0.5) is 16.2 Å². The van der Waals surface area contributed by atoms with E-state index in [4.69, 9.17) is 0 Å². The first kappa shape index (κ1) is 21.1. The number of rotatable bonds is 4. The SMILES string of the molecule is CC(C(=O)N1CCc2c(cccc2NC(=O)Nc2ccccc2)C1)C1CNC1.Cl. The number of para-hydroxylation sites is 1. The highest BCUT2D eigenvalue weighted by Crippen LogP contribution is 2.28. The third kappa shape index (κ3) is 4.71. The molecule has 4 rings (SSSR count).